The second-order valence-corrected chi connectivity index (χ2v) is 7.22. The van der Waals surface area contributed by atoms with Crippen LogP contribution in [0.25, 0.3) is 0 Å². The van der Waals surface area contributed by atoms with Gasteiger partial charge in [0.25, 0.3) is 0 Å². The summed E-state index contributed by atoms with van der Waals surface area (Å²) in [6.45, 7) is 3.33. The van der Waals surface area contributed by atoms with E-state index in [1.54, 1.807) is 7.11 Å². The number of benzene rings is 1. The minimum Gasteiger partial charge on any atom is -0.495 e. The molecule has 0 atom stereocenters. The third-order valence-corrected chi connectivity index (χ3v) is 4.95. The summed E-state index contributed by atoms with van der Waals surface area (Å²) in [7, 11) is 1.73. The predicted molar refractivity (Wildman–Crippen MR) is 112 cm³/mol. The maximum Gasteiger partial charge on any atom is 0.141 e. The normalized spacial score (nSPS) is 10.8. The van der Waals surface area contributed by atoms with Crippen LogP contribution in [0.4, 0.5) is 5.69 Å². The van der Waals surface area contributed by atoms with Gasteiger partial charge in [-0.05, 0) is 18.6 Å². The van der Waals surface area contributed by atoms with E-state index < -0.39 is 0 Å². The van der Waals surface area contributed by atoms with Crippen molar-refractivity contribution in [2.24, 2.45) is 0 Å². The van der Waals surface area contributed by atoms with Gasteiger partial charge in [0, 0.05) is 6.54 Å². The van der Waals surface area contributed by atoms with Crippen molar-refractivity contribution in [1.29, 1.82) is 0 Å². The van der Waals surface area contributed by atoms with Crippen molar-refractivity contribution < 1.29 is 4.74 Å². The first-order valence-corrected chi connectivity index (χ1v) is 10.8. The molecule has 0 aliphatic heterocycles. The number of ether oxygens (including phenoxy) is 1. The maximum atomic E-state index is 5.36. The highest BCUT2D eigenvalue weighted by molar-refractivity contribution is 5.55. The van der Waals surface area contributed by atoms with E-state index in [9.17, 15) is 0 Å². The largest absolute Gasteiger partial charge is 0.495 e. The fourth-order valence-electron chi connectivity index (χ4n) is 3.33. The zero-order valence-corrected chi connectivity index (χ0v) is 16.8. The molecule has 25 heavy (non-hydrogen) atoms. The second-order valence-electron chi connectivity index (χ2n) is 7.22. The molecule has 0 aromatic heterocycles. The smallest absolute Gasteiger partial charge is 0.141 e. The fourth-order valence-corrected chi connectivity index (χ4v) is 3.33. The third kappa shape index (κ3) is 11.9. The summed E-state index contributed by atoms with van der Waals surface area (Å²) in [4.78, 5) is 0. The van der Waals surface area contributed by atoms with Gasteiger partial charge in [-0.15, -0.1) is 0 Å². The van der Waals surface area contributed by atoms with Gasteiger partial charge in [0.15, 0.2) is 0 Å². The van der Waals surface area contributed by atoms with Crippen LogP contribution < -0.4 is 10.1 Å². The Hall–Kier alpha value is -1.18. The lowest BCUT2D eigenvalue weighted by Gasteiger charge is -2.10. The summed E-state index contributed by atoms with van der Waals surface area (Å²) < 4.78 is 5.36. The molecule has 0 radical (unpaired) electrons. The minimum absolute atomic E-state index is 0.938. The first-order chi connectivity index (χ1) is 12.4. The molecule has 1 aromatic carbocycles. The van der Waals surface area contributed by atoms with Crippen LogP contribution in [-0.2, 0) is 0 Å². The Kier molecular flexibility index (Phi) is 14.3. The van der Waals surface area contributed by atoms with Crippen molar-refractivity contribution in [2.75, 3.05) is 19.0 Å². The van der Waals surface area contributed by atoms with Crippen molar-refractivity contribution in [3.8, 4) is 5.75 Å². The van der Waals surface area contributed by atoms with Crippen molar-refractivity contribution in [3.05, 3.63) is 24.3 Å². The van der Waals surface area contributed by atoms with Crippen LogP contribution in [0.1, 0.15) is 96.8 Å². The summed E-state index contributed by atoms with van der Waals surface area (Å²) in [5.41, 5.74) is 1.11. The van der Waals surface area contributed by atoms with Gasteiger partial charge in [-0.1, -0.05) is 103 Å². The highest BCUT2D eigenvalue weighted by Gasteiger charge is 1.99. The van der Waals surface area contributed by atoms with Crippen molar-refractivity contribution in [3.63, 3.8) is 0 Å². The van der Waals surface area contributed by atoms with E-state index in [4.69, 9.17) is 4.74 Å². The predicted octanol–water partition coefficient (Wildman–Crippen LogP) is 7.59. The van der Waals surface area contributed by atoms with Gasteiger partial charge >= 0.3 is 0 Å². The Balaban J connectivity index is 1.82. The zero-order chi connectivity index (χ0) is 18.0. The molecule has 1 aromatic rings. The summed E-state index contributed by atoms with van der Waals surface area (Å²) in [6, 6.07) is 8.16. The number of nitrogens with one attached hydrogen (secondary N) is 1. The monoisotopic (exact) mass is 347 g/mol. The van der Waals surface area contributed by atoms with Crippen LogP contribution in [0.15, 0.2) is 24.3 Å². The molecular formula is C23H41NO. The number of anilines is 1. The zero-order valence-electron chi connectivity index (χ0n) is 16.8. The lowest BCUT2D eigenvalue weighted by molar-refractivity contribution is 0.416. The maximum absolute atomic E-state index is 5.36. The van der Waals surface area contributed by atoms with E-state index in [1.807, 2.05) is 12.1 Å². The summed E-state index contributed by atoms with van der Waals surface area (Å²) in [6.07, 6.45) is 19.7. The van der Waals surface area contributed by atoms with Crippen LogP contribution in [0, 0.1) is 0 Å². The first-order valence-electron chi connectivity index (χ1n) is 10.8. The van der Waals surface area contributed by atoms with E-state index in [0.29, 0.717) is 0 Å². The highest BCUT2D eigenvalue weighted by atomic mass is 16.5. The molecule has 2 heteroatoms. The topological polar surface area (TPSA) is 21.3 Å². The van der Waals surface area contributed by atoms with Crippen LogP contribution in [0.5, 0.6) is 5.75 Å². The summed E-state index contributed by atoms with van der Waals surface area (Å²) in [5, 5.41) is 3.48. The van der Waals surface area contributed by atoms with Crippen LogP contribution >= 0.6 is 0 Å². The molecule has 0 heterocycles. The van der Waals surface area contributed by atoms with Gasteiger partial charge < -0.3 is 10.1 Å². The first kappa shape index (κ1) is 21.9. The van der Waals surface area contributed by atoms with Gasteiger partial charge in [0.2, 0.25) is 0 Å². The molecule has 1 N–H and O–H groups in total. The van der Waals surface area contributed by atoms with Gasteiger partial charge in [-0.25, -0.2) is 0 Å². The quantitative estimate of drug-likeness (QED) is 0.293. The second kappa shape index (κ2) is 16.3. The van der Waals surface area contributed by atoms with E-state index >= 15 is 0 Å². The molecular weight excluding hydrogens is 306 g/mol. The summed E-state index contributed by atoms with van der Waals surface area (Å²) in [5.74, 6) is 0.938. The standard InChI is InChI=1S/C23H41NO/c1-3-4-5-6-7-8-9-10-11-12-13-14-15-18-21-24-22-19-16-17-20-23(22)25-2/h16-17,19-20,24H,3-15,18,21H2,1-2H3. The molecule has 0 unspecified atom stereocenters. The lowest BCUT2D eigenvalue weighted by atomic mass is 10.0. The average Bonchev–Trinajstić information content (AvgIpc) is 2.65. The molecule has 2 nitrogen and oxygen atoms in total. The van der Waals surface area contributed by atoms with Gasteiger partial charge in [-0.3, -0.25) is 0 Å². The van der Waals surface area contributed by atoms with Gasteiger partial charge in [0.1, 0.15) is 5.75 Å². The number of methoxy groups -OCH3 is 1. The van der Waals surface area contributed by atoms with Gasteiger partial charge in [0.05, 0.1) is 12.8 Å². The van der Waals surface area contributed by atoms with Crippen molar-refractivity contribution in [1.82, 2.24) is 0 Å². The van der Waals surface area contributed by atoms with Crippen molar-refractivity contribution >= 4 is 5.69 Å². The number of hydrogen-bond acceptors (Lipinski definition) is 2. The number of rotatable bonds is 17. The summed E-state index contributed by atoms with van der Waals surface area (Å²) >= 11 is 0. The molecule has 0 spiro atoms. The Morgan fingerprint density at radius 3 is 1.68 bits per heavy atom. The highest BCUT2D eigenvalue weighted by Crippen LogP contribution is 2.23. The molecule has 0 amide bonds. The van der Waals surface area contributed by atoms with Gasteiger partial charge in [-0.2, -0.15) is 0 Å². The molecule has 0 saturated carbocycles. The van der Waals surface area contributed by atoms with Crippen LogP contribution in [0.3, 0.4) is 0 Å². The average molecular weight is 348 g/mol. The molecule has 144 valence electrons. The number of unbranched alkanes of at least 4 members (excludes halogenated alkanes) is 13. The van der Waals surface area contributed by atoms with E-state index in [-0.39, 0.29) is 0 Å². The fraction of sp³-hybridized carbons (Fsp3) is 0.739. The van der Waals surface area contributed by atoms with E-state index in [2.05, 4.69) is 24.4 Å². The van der Waals surface area contributed by atoms with Crippen molar-refractivity contribution in [2.45, 2.75) is 96.8 Å². The molecule has 0 saturated heterocycles. The van der Waals surface area contributed by atoms with Crippen LogP contribution in [0.2, 0.25) is 0 Å². The minimum atomic E-state index is 0.938. The molecule has 0 aliphatic rings. The Morgan fingerprint density at radius 2 is 1.16 bits per heavy atom. The lowest BCUT2D eigenvalue weighted by Crippen LogP contribution is -2.02. The molecule has 0 bridgehead atoms. The SMILES string of the molecule is CCCCCCCCCCCCCCCCNc1ccccc1OC. The van der Waals surface area contributed by atoms with E-state index in [0.717, 1.165) is 18.0 Å². The molecule has 1 rings (SSSR count). The molecule has 0 aliphatic carbocycles. The Morgan fingerprint density at radius 1 is 0.680 bits per heavy atom. The number of para-hydroxylation sites is 2. The Labute approximate surface area is 156 Å². The number of hydrogen-bond donors (Lipinski definition) is 1. The Bertz CT molecular complexity index is 405. The van der Waals surface area contributed by atoms with Crippen LogP contribution in [-0.4, -0.2) is 13.7 Å². The van der Waals surface area contributed by atoms with E-state index in [1.165, 1.54) is 89.9 Å². The molecule has 0 fully saturated rings. The third-order valence-electron chi connectivity index (χ3n) is 4.95.